The smallest absolute Gasteiger partial charge is 0.315 e. The maximum Gasteiger partial charge on any atom is 0.315 e. The lowest BCUT2D eigenvalue weighted by atomic mass is 10.2. The number of anilines is 1. The van der Waals surface area contributed by atoms with E-state index in [-0.39, 0.29) is 30.2 Å². The minimum Gasteiger partial charge on any atom is -0.493 e. The molecule has 0 spiro atoms. The number of hydrogen-bond acceptors (Lipinski definition) is 4. The van der Waals surface area contributed by atoms with Crippen LogP contribution in [0.25, 0.3) is 0 Å². The fraction of sp³-hybridized carbons (Fsp3) is 0.333. The third kappa shape index (κ3) is 5.16. The predicted octanol–water partition coefficient (Wildman–Crippen LogP) is 2.84. The summed E-state index contributed by atoms with van der Waals surface area (Å²) in [7, 11) is 1.57. The summed E-state index contributed by atoms with van der Waals surface area (Å²) in [5, 5.41) is 5.59. The van der Waals surface area contributed by atoms with Gasteiger partial charge in [0.05, 0.1) is 19.8 Å². The molecule has 2 aromatic carbocycles. The van der Waals surface area contributed by atoms with Crippen molar-refractivity contribution in [3.05, 3.63) is 53.8 Å². The first-order valence-electron chi connectivity index (χ1n) is 9.40. The molecule has 2 N–H and O–H groups in total. The number of amides is 3. The van der Waals surface area contributed by atoms with Crippen molar-refractivity contribution in [3.63, 3.8) is 0 Å². The molecule has 1 aliphatic rings. The van der Waals surface area contributed by atoms with E-state index < -0.39 is 0 Å². The Morgan fingerprint density at radius 3 is 2.66 bits per heavy atom. The molecule has 1 aliphatic heterocycles. The number of nitrogens with one attached hydrogen (secondary N) is 2. The van der Waals surface area contributed by atoms with Gasteiger partial charge in [0.15, 0.2) is 11.5 Å². The van der Waals surface area contributed by atoms with Gasteiger partial charge in [-0.05, 0) is 48.9 Å². The van der Waals surface area contributed by atoms with Gasteiger partial charge >= 0.3 is 6.03 Å². The summed E-state index contributed by atoms with van der Waals surface area (Å²) in [4.78, 5) is 26.0. The van der Waals surface area contributed by atoms with Crippen LogP contribution >= 0.6 is 0 Å². The summed E-state index contributed by atoms with van der Waals surface area (Å²) in [5.74, 6) is 0.773. The maximum absolute atomic E-state index is 13.1. The molecule has 1 fully saturated rings. The Morgan fingerprint density at radius 2 is 1.97 bits per heavy atom. The fourth-order valence-electron chi connectivity index (χ4n) is 3.19. The first kappa shape index (κ1) is 20.4. The Balaban J connectivity index is 1.53. The van der Waals surface area contributed by atoms with E-state index in [1.165, 1.54) is 12.1 Å². The maximum atomic E-state index is 13.1. The summed E-state index contributed by atoms with van der Waals surface area (Å²) in [6.45, 7) is 3.04. The zero-order chi connectivity index (χ0) is 20.8. The Bertz CT molecular complexity index is 873. The Morgan fingerprint density at radius 1 is 1.21 bits per heavy atom. The SMILES string of the molecule is CCOc1cc(CNC(=O)NC2CC(=O)N(c3ccc(F)cc3)C2)ccc1OC. The number of ether oxygens (including phenoxy) is 2. The van der Waals surface area contributed by atoms with Gasteiger partial charge in [0, 0.05) is 25.2 Å². The Labute approximate surface area is 168 Å². The molecule has 0 saturated carbocycles. The molecular formula is C21H24FN3O4. The number of hydrogen-bond donors (Lipinski definition) is 2. The third-order valence-corrected chi connectivity index (χ3v) is 4.58. The van der Waals surface area contributed by atoms with E-state index >= 15 is 0 Å². The topological polar surface area (TPSA) is 79.9 Å². The van der Waals surface area contributed by atoms with Gasteiger partial charge in [-0.15, -0.1) is 0 Å². The van der Waals surface area contributed by atoms with Crippen molar-refractivity contribution >= 4 is 17.6 Å². The molecule has 1 atom stereocenters. The summed E-state index contributed by atoms with van der Waals surface area (Å²) >= 11 is 0. The largest absolute Gasteiger partial charge is 0.493 e. The van der Waals surface area contributed by atoms with Crippen molar-refractivity contribution in [1.29, 1.82) is 0 Å². The second-order valence-corrected chi connectivity index (χ2v) is 6.63. The van der Waals surface area contributed by atoms with Crippen LogP contribution in [0.2, 0.25) is 0 Å². The highest BCUT2D eigenvalue weighted by molar-refractivity contribution is 5.96. The molecule has 2 aromatic rings. The van der Waals surface area contributed by atoms with E-state index in [2.05, 4.69) is 10.6 Å². The molecular weight excluding hydrogens is 377 g/mol. The molecule has 1 unspecified atom stereocenters. The van der Waals surface area contributed by atoms with Gasteiger partial charge in [-0.2, -0.15) is 0 Å². The zero-order valence-corrected chi connectivity index (χ0v) is 16.4. The average molecular weight is 401 g/mol. The molecule has 154 valence electrons. The number of urea groups is 1. The van der Waals surface area contributed by atoms with Crippen LogP contribution in [0.3, 0.4) is 0 Å². The standard InChI is InChI=1S/C21H24FN3O4/c1-3-29-19-10-14(4-9-18(19)28-2)12-23-21(27)24-16-11-20(26)25(13-16)17-7-5-15(22)6-8-17/h4-10,16H,3,11-13H2,1-2H3,(H2,23,24,27). The zero-order valence-electron chi connectivity index (χ0n) is 16.4. The van der Waals surface area contributed by atoms with Crippen LogP contribution in [0.5, 0.6) is 11.5 Å². The summed E-state index contributed by atoms with van der Waals surface area (Å²) in [6, 6.07) is 10.5. The lowest BCUT2D eigenvalue weighted by Crippen LogP contribution is -2.43. The molecule has 0 bridgehead atoms. The van der Waals surface area contributed by atoms with E-state index in [0.29, 0.717) is 36.9 Å². The van der Waals surface area contributed by atoms with E-state index in [4.69, 9.17) is 9.47 Å². The number of carbonyl (C=O) groups excluding carboxylic acids is 2. The molecule has 0 aromatic heterocycles. The van der Waals surface area contributed by atoms with Crippen LogP contribution < -0.4 is 25.0 Å². The van der Waals surface area contributed by atoms with Gasteiger partial charge in [-0.3, -0.25) is 4.79 Å². The molecule has 8 heteroatoms. The lowest BCUT2D eigenvalue weighted by molar-refractivity contribution is -0.117. The molecule has 7 nitrogen and oxygen atoms in total. The quantitative estimate of drug-likeness (QED) is 0.748. The van der Waals surface area contributed by atoms with Crippen molar-refractivity contribution in [3.8, 4) is 11.5 Å². The van der Waals surface area contributed by atoms with Gasteiger partial charge in [-0.25, -0.2) is 9.18 Å². The van der Waals surface area contributed by atoms with E-state index in [9.17, 15) is 14.0 Å². The molecule has 0 radical (unpaired) electrons. The summed E-state index contributed by atoms with van der Waals surface area (Å²) < 4.78 is 23.9. The molecule has 1 heterocycles. The normalized spacial score (nSPS) is 15.9. The lowest BCUT2D eigenvalue weighted by Gasteiger charge is -2.17. The van der Waals surface area contributed by atoms with Crippen LogP contribution in [-0.4, -0.2) is 38.2 Å². The molecule has 1 saturated heterocycles. The van der Waals surface area contributed by atoms with Crippen LogP contribution in [0.15, 0.2) is 42.5 Å². The summed E-state index contributed by atoms with van der Waals surface area (Å²) in [5.41, 5.74) is 1.47. The first-order chi connectivity index (χ1) is 14.0. The number of benzene rings is 2. The van der Waals surface area contributed by atoms with Gasteiger partial charge in [0.25, 0.3) is 0 Å². The molecule has 3 rings (SSSR count). The second kappa shape index (κ2) is 9.27. The fourth-order valence-corrected chi connectivity index (χ4v) is 3.19. The van der Waals surface area contributed by atoms with Gasteiger partial charge in [0.1, 0.15) is 5.82 Å². The van der Waals surface area contributed by atoms with Crippen LogP contribution in [0, 0.1) is 5.82 Å². The minimum atomic E-state index is -0.363. The monoisotopic (exact) mass is 401 g/mol. The first-order valence-corrected chi connectivity index (χ1v) is 9.40. The molecule has 0 aliphatic carbocycles. The van der Waals surface area contributed by atoms with Crippen LogP contribution in [0.4, 0.5) is 14.9 Å². The second-order valence-electron chi connectivity index (χ2n) is 6.63. The number of nitrogens with zero attached hydrogens (tertiary/aromatic N) is 1. The summed E-state index contributed by atoms with van der Waals surface area (Å²) in [6.07, 6.45) is 0.196. The molecule has 29 heavy (non-hydrogen) atoms. The Hall–Kier alpha value is -3.29. The highest BCUT2D eigenvalue weighted by Crippen LogP contribution is 2.28. The van der Waals surface area contributed by atoms with Crippen molar-refractivity contribution < 1.29 is 23.5 Å². The average Bonchev–Trinajstić information content (AvgIpc) is 3.07. The number of carbonyl (C=O) groups is 2. The van der Waals surface area contributed by atoms with E-state index in [1.807, 2.05) is 19.1 Å². The van der Waals surface area contributed by atoms with Gasteiger partial charge in [0.2, 0.25) is 5.91 Å². The van der Waals surface area contributed by atoms with Gasteiger partial charge < -0.3 is 25.0 Å². The minimum absolute atomic E-state index is 0.113. The van der Waals surface area contributed by atoms with Crippen LogP contribution in [-0.2, 0) is 11.3 Å². The van der Waals surface area contributed by atoms with Crippen molar-refractivity contribution in [1.82, 2.24) is 10.6 Å². The Kier molecular flexibility index (Phi) is 6.54. The van der Waals surface area contributed by atoms with Crippen molar-refractivity contribution in [2.45, 2.75) is 25.9 Å². The van der Waals surface area contributed by atoms with Crippen molar-refractivity contribution in [2.24, 2.45) is 0 Å². The van der Waals surface area contributed by atoms with Crippen molar-refractivity contribution in [2.75, 3.05) is 25.2 Å². The highest BCUT2D eigenvalue weighted by atomic mass is 19.1. The third-order valence-electron chi connectivity index (χ3n) is 4.58. The number of halogens is 1. The number of methoxy groups -OCH3 is 1. The van der Waals surface area contributed by atoms with E-state index in [0.717, 1.165) is 5.56 Å². The van der Waals surface area contributed by atoms with Gasteiger partial charge in [-0.1, -0.05) is 6.07 Å². The predicted molar refractivity (Wildman–Crippen MR) is 107 cm³/mol. The van der Waals surface area contributed by atoms with Crippen LogP contribution in [0.1, 0.15) is 18.9 Å². The molecule has 3 amide bonds. The highest BCUT2D eigenvalue weighted by Gasteiger charge is 2.31. The number of rotatable bonds is 7. The van der Waals surface area contributed by atoms with E-state index in [1.54, 1.807) is 30.2 Å².